The van der Waals surface area contributed by atoms with Crippen LogP contribution in [0.1, 0.15) is 30.0 Å². The number of urea groups is 1. The molecule has 0 saturated carbocycles. The van der Waals surface area contributed by atoms with E-state index in [9.17, 15) is 4.79 Å². The van der Waals surface area contributed by atoms with Crippen molar-refractivity contribution in [3.05, 3.63) is 29.3 Å². The molecule has 0 bridgehead atoms. The van der Waals surface area contributed by atoms with E-state index in [1.54, 1.807) is 7.11 Å². The largest absolute Gasteiger partial charge is 0.497 e. The van der Waals surface area contributed by atoms with Crippen molar-refractivity contribution >= 4 is 6.03 Å². The Kier molecular flexibility index (Phi) is 4.29. The quantitative estimate of drug-likeness (QED) is 0.907. The van der Waals surface area contributed by atoms with Crippen LogP contribution in [0.4, 0.5) is 4.79 Å². The lowest BCUT2D eigenvalue weighted by Crippen LogP contribution is -2.47. The summed E-state index contributed by atoms with van der Waals surface area (Å²) in [5.41, 5.74) is 2.51. The molecule has 114 valence electrons. The number of hydrogen-bond acceptors (Lipinski definition) is 3. The van der Waals surface area contributed by atoms with Gasteiger partial charge in [-0.15, -0.1) is 0 Å². The Morgan fingerprint density at radius 1 is 1.38 bits per heavy atom. The van der Waals surface area contributed by atoms with Crippen molar-refractivity contribution in [2.75, 3.05) is 33.4 Å². The van der Waals surface area contributed by atoms with Crippen LogP contribution in [0.3, 0.4) is 0 Å². The fourth-order valence-electron chi connectivity index (χ4n) is 3.07. The van der Waals surface area contributed by atoms with Crippen LogP contribution in [0.2, 0.25) is 0 Å². The van der Waals surface area contributed by atoms with Gasteiger partial charge in [0.15, 0.2) is 0 Å². The number of nitrogens with one attached hydrogen (secondary N) is 1. The van der Waals surface area contributed by atoms with E-state index in [4.69, 9.17) is 9.47 Å². The Balaban J connectivity index is 1.71. The van der Waals surface area contributed by atoms with Crippen molar-refractivity contribution in [1.82, 2.24) is 10.2 Å². The summed E-state index contributed by atoms with van der Waals surface area (Å²) in [6.45, 7) is 2.61. The van der Waals surface area contributed by atoms with Crippen LogP contribution in [0.5, 0.6) is 5.75 Å². The first-order chi connectivity index (χ1) is 10.3. The van der Waals surface area contributed by atoms with E-state index in [0.717, 1.165) is 25.0 Å². The summed E-state index contributed by atoms with van der Waals surface area (Å²) in [5.74, 6) is 0.883. The predicted molar refractivity (Wildman–Crippen MR) is 79.6 cm³/mol. The van der Waals surface area contributed by atoms with Crippen molar-refractivity contribution in [2.24, 2.45) is 0 Å². The lowest BCUT2D eigenvalue weighted by molar-refractivity contribution is 0.0523. The first-order valence-electron chi connectivity index (χ1n) is 7.58. The number of aryl methyl sites for hydroxylation is 1. The number of fused-ring (bicyclic) bond motifs is 1. The molecule has 5 nitrogen and oxygen atoms in total. The maximum Gasteiger partial charge on any atom is 0.318 e. The monoisotopic (exact) mass is 290 g/mol. The van der Waals surface area contributed by atoms with Gasteiger partial charge in [-0.25, -0.2) is 4.79 Å². The number of morpholine rings is 1. The van der Waals surface area contributed by atoms with Crippen LogP contribution in [0.15, 0.2) is 18.2 Å². The highest BCUT2D eigenvalue weighted by Crippen LogP contribution is 2.32. The Bertz CT molecular complexity index is 512. The molecular weight excluding hydrogens is 268 g/mol. The second kappa shape index (κ2) is 6.35. The molecule has 1 saturated heterocycles. The molecule has 5 heteroatoms. The Labute approximate surface area is 125 Å². The molecule has 1 heterocycles. The Hall–Kier alpha value is -1.75. The number of rotatable bonds is 2. The van der Waals surface area contributed by atoms with Gasteiger partial charge >= 0.3 is 6.03 Å². The molecule has 1 atom stereocenters. The van der Waals surface area contributed by atoms with Crippen LogP contribution in [-0.2, 0) is 11.2 Å². The predicted octanol–water partition coefficient (Wildman–Crippen LogP) is 2.11. The minimum absolute atomic E-state index is 0.0203. The average molecular weight is 290 g/mol. The zero-order chi connectivity index (χ0) is 14.7. The van der Waals surface area contributed by atoms with Gasteiger partial charge in [-0.2, -0.15) is 0 Å². The van der Waals surface area contributed by atoms with Crippen molar-refractivity contribution < 1.29 is 14.3 Å². The van der Waals surface area contributed by atoms with E-state index in [0.29, 0.717) is 26.3 Å². The standard InChI is InChI=1S/C16H22N2O3/c1-20-13-5-6-14-12(11-13)3-2-4-15(14)17-16(19)18-7-9-21-10-8-18/h5-6,11,15H,2-4,7-10H2,1H3,(H,17,19). The number of ether oxygens (including phenoxy) is 2. The highest BCUT2D eigenvalue weighted by Gasteiger charge is 2.25. The molecule has 1 aromatic carbocycles. The molecule has 0 aromatic heterocycles. The van der Waals surface area contributed by atoms with Crippen LogP contribution < -0.4 is 10.1 Å². The number of benzene rings is 1. The fourth-order valence-corrected chi connectivity index (χ4v) is 3.07. The molecular formula is C16H22N2O3. The third-order valence-corrected chi connectivity index (χ3v) is 4.26. The third kappa shape index (κ3) is 3.13. The van der Waals surface area contributed by atoms with Gasteiger partial charge in [0.25, 0.3) is 0 Å². The summed E-state index contributed by atoms with van der Waals surface area (Å²) in [7, 11) is 1.68. The van der Waals surface area contributed by atoms with E-state index >= 15 is 0 Å². The second-order valence-corrected chi connectivity index (χ2v) is 5.56. The SMILES string of the molecule is COc1ccc2c(c1)CCCC2NC(=O)N1CCOCC1. The topological polar surface area (TPSA) is 50.8 Å². The van der Waals surface area contributed by atoms with E-state index < -0.39 is 0 Å². The lowest BCUT2D eigenvalue weighted by Gasteiger charge is -2.31. The van der Waals surface area contributed by atoms with Crippen molar-refractivity contribution in [1.29, 1.82) is 0 Å². The molecule has 3 rings (SSSR count). The van der Waals surface area contributed by atoms with Gasteiger partial charge in [0.05, 0.1) is 26.4 Å². The average Bonchev–Trinajstić information content (AvgIpc) is 2.55. The maximum atomic E-state index is 12.3. The first kappa shape index (κ1) is 14.2. The highest BCUT2D eigenvalue weighted by atomic mass is 16.5. The highest BCUT2D eigenvalue weighted by molar-refractivity contribution is 5.75. The zero-order valence-electron chi connectivity index (χ0n) is 12.4. The minimum atomic E-state index is 0.0203. The number of nitrogens with zero attached hydrogens (tertiary/aromatic N) is 1. The molecule has 1 aliphatic heterocycles. The van der Waals surface area contributed by atoms with Crippen LogP contribution in [-0.4, -0.2) is 44.3 Å². The van der Waals surface area contributed by atoms with Gasteiger partial charge in [-0.3, -0.25) is 0 Å². The summed E-state index contributed by atoms with van der Waals surface area (Å²) >= 11 is 0. The van der Waals surface area contributed by atoms with Crippen LogP contribution in [0.25, 0.3) is 0 Å². The first-order valence-corrected chi connectivity index (χ1v) is 7.58. The van der Waals surface area contributed by atoms with Crippen LogP contribution in [0, 0.1) is 0 Å². The lowest BCUT2D eigenvalue weighted by atomic mass is 9.87. The van der Waals surface area contributed by atoms with Gasteiger partial charge in [-0.05, 0) is 42.5 Å². The van der Waals surface area contributed by atoms with E-state index in [1.807, 2.05) is 11.0 Å². The molecule has 1 fully saturated rings. The molecule has 1 unspecified atom stereocenters. The molecule has 0 spiro atoms. The summed E-state index contributed by atoms with van der Waals surface area (Å²) < 4.78 is 10.6. The number of methoxy groups -OCH3 is 1. The molecule has 2 aliphatic rings. The molecule has 21 heavy (non-hydrogen) atoms. The van der Waals surface area contributed by atoms with Gasteiger partial charge in [-0.1, -0.05) is 6.07 Å². The van der Waals surface area contributed by atoms with Gasteiger partial charge in [0.2, 0.25) is 0 Å². The Morgan fingerprint density at radius 3 is 2.95 bits per heavy atom. The smallest absolute Gasteiger partial charge is 0.318 e. The molecule has 1 aliphatic carbocycles. The normalized spacial score (nSPS) is 21.6. The molecule has 2 amide bonds. The summed E-state index contributed by atoms with van der Waals surface area (Å²) in [4.78, 5) is 14.2. The maximum absolute atomic E-state index is 12.3. The molecule has 1 aromatic rings. The van der Waals surface area contributed by atoms with E-state index in [1.165, 1.54) is 11.1 Å². The van der Waals surface area contributed by atoms with Crippen molar-refractivity contribution in [3.8, 4) is 5.75 Å². The third-order valence-electron chi connectivity index (χ3n) is 4.26. The van der Waals surface area contributed by atoms with E-state index in [-0.39, 0.29) is 12.1 Å². The second-order valence-electron chi connectivity index (χ2n) is 5.56. The van der Waals surface area contributed by atoms with Crippen molar-refractivity contribution in [3.63, 3.8) is 0 Å². The van der Waals surface area contributed by atoms with Gasteiger partial charge in [0, 0.05) is 13.1 Å². The summed E-state index contributed by atoms with van der Waals surface area (Å²) in [6, 6.07) is 6.26. The van der Waals surface area contributed by atoms with Gasteiger partial charge in [0.1, 0.15) is 5.75 Å². The van der Waals surface area contributed by atoms with Crippen LogP contribution >= 0.6 is 0 Å². The van der Waals surface area contributed by atoms with Crippen molar-refractivity contribution in [2.45, 2.75) is 25.3 Å². The molecule has 0 radical (unpaired) electrons. The number of hydrogen-bond donors (Lipinski definition) is 1. The number of carbonyl (C=O) groups is 1. The van der Waals surface area contributed by atoms with Gasteiger partial charge < -0.3 is 19.7 Å². The Morgan fingerprint density at radius 2 is 2.19 bits per heavy atom. The minimum Gasteiger partial charge on any atom is -0.497 e. The zero-order valence-corrected chi connectivity index (χ0v) is 12.4. The summed E-state index contributed by atoms with van der Waals surface area (Å²) in [5, 5.41) is 3.17. The summed E-state index contributed by atoms with van der Waals surface area (Å²) in [6.07, 6.45) is 3.14. The molecule has 1 N–H and O–H groups in total. The number of carbonyl (C=O) groups excluding carboxylic acids is 1. The van der Waals surface area contributed by atoms with E-state index in [2.05, 4.69) is 17.4 Å². The number of amides is 2. The fraction of sp³-hybridized carbons (Fsp3) is 0.562.